The first kappa shape index (κ1) is 9.86. The Bertz CT molecular complexity index is 413. The number of carbonyl (C=O) groups excluding carboxylic acids is 1. The van der Waals surface area contributed by atoms with E-state index >= 15 is 0 Å². The molecule has 0 saturated carbocycles. The first-order valence-corrected chi connectivity index (χ1v) is 4.66. The van der Waals surface area contributed by atoms with Gasteiger partial charge in [-0.1, -0.05) is 35.5 Å². The predicted molar refractivity (Wildman–Crippen MR) is 54.3 cm³/mol. The van der Waals surface area contributed by atoms with E-state index < -0.39 is 11.6 Å². The third-order valence-corrected chi connectivity index (χ3v) is 2.50. The smallest absolute Gasteiger partial charge is 0.372 e. The Morgan fingerprint density at radius 3 is 2.60 bits per heavy atom. The minimum atomic E-state index is -1.60. The SMILES string of the molecule is CC1=NOC(=O)C1(O)Cc1ccccc1. The summed E-state index contributed by atoms with van der Waals surface area (Å²) in [5.74, 6) is -0.705. The summed E-state index contributed by atoms with van der Waals surface area (Å²) in [4.78, 5) is 15.8. The summed E-state index contributed by atoms with van der Waals surface area (Å²) in [6.07, 6.45) is 0.196. The molecule has 0 fully saturated rings. The second-order valence-electron chi connectivity index (χ2n) is 3.58. The van der Waals surface area contributed by atoms with Gasteiger partial charge in [0.15, 0.2) is 0 Å². The lowest BCUT2D eigenvalue weighted by Crippen LogP contribution is -2.43. The number of nitrogens with zero attached hydrogens (tertiary/aromatic N) is 1. The average molecular weight is 205 g/mol. The molecule has 4 heteroatoms. The maximum atomic E-state index is 11.3. The molecule has 0 aromatic heterocycles. The molecule has 0 bridgehead atoms. The van der Waals surface area contributed by atoms with Crippen molar-refractivity contribution >= 4 is 11.7 Å². The number of hydrogen-bond donors (Lipinski definition) is 1. The molecule has 1 atom stereocenters. The van der Waals surface area contributed by atoms with Crippen molar-refractivity contribution in [3.8, 4) is 0 Å². The molecule has 2 rings (SSSR count). The first-order chi connectivity index (χ1) is 7.13. The Morgan fingerprint density at radius 2 is 2.07 bits per heavy atom. The Hall–Kier alpha value is -1.68. The zero-order chi connectivity index (χ0) is 10.9. The first-order valence-electron chi connectivity index (χ1n) is 4.66. The van der Waals surface area contributed by atoms with E-state index in [0.717, 1.165) is 5.56 Å². The quantitative estimate of drug-likeness (QED) is 0.729. The van der Waals surface area contributed by atoms with Crippen molar-refractivity contribution in [1.29, 1.82) is 0 Å². The summed E-state index contributed by atoms with van der Waals surface area (Å²) in [7, 11) is 0. The fourth-order valence-corrected chi connectivity index (χ4v) is 1.50. The van der Waals surface area contributed by atoms with Crippen molar-refractivity contribution in [3.05, 3.63) is 35.9 Å². The van der Waals surface area contributed by atoms with E-state index in [4.69, 9.17) is 0 Å². The van der Waals surface area contributed by atoms with Crippen LogP contribution in [0.2, 0.25) is 0 Å². The molecule has 0 spiro atoms. The molecule has 1 heterocycles. The van der Waals surface area contributed by atoms with Crippen molar-refractivity contribution in [2.45, 2.75) is 18.9 Å². The summed E-state index contributed by atoms with van der Waals surface area (Å²) in [6, 6.07) is 9.27. The maximum absolute atomic E-state index is 11.3. The van der Waals surface area contributed by atoms with Crippen LogP contribution >= 0.6 is 0 Å². The lowest BCUT2D eigenvalue weighted by atomic mass is 9.91. The third kappa shape index (κ3) is 1.64. The van der Waals surface area contributed by atoms with Crippen LogP contribution in [0.25, 0.3) is 0 Å². The number of aliphatic hydroxyl groups is 1. The summed E-state index contributed by atoms with van der Waals surface area (Å²) in [5, 5.41) is 13.6. The number of carbonyl (C=O) groups is 1. The highest BCUT2D eigenvalue weighted by atomic mass is 16.7. The van der Waals surface area contributed by atoms with Gasteiger partial charge in [-0.2, -0.15) is 0 Å². The Balaban J connectivity index is 2.25. The molecule has 0 saturated heterocycles. The molecule has 0 amide bonds. The van der Waals surface area contributed by atoms with Crippen molar-refractivity contribution in [2.24, 2.45) is 5.16 Å². The monoisotopic (exact) mass is 205 g/mol. The van der Waals surface area contributed by atoms with Crippen LogP contribution in [0.15, 0.2) is 35.5 Å². The van der Waals surface area contributed by atoms with Crippen LogP contribution in [0.3, 0.4) is 0 Å². The lowest BCUT2D eigenvalue weighted by molar-refractivity contribution is -0.154. The highest BCUT2D eigenvalue weighted by Crippen LogP contribution is 2.22. The van der Waals surface area contributed by atoms with Crippen LogP contribution < -0.4 is 0 Å². The van der Waals surface area contributed by atoms with E-state index in [2.05, 4.69) is 9.99 Å². The summed E-state index contributed by atoms with van der Waals surface area (Å²) < 4.78 is 0. The zero-order valence-electron chi connectivity index (χ0n) is 8.30. The van der Waals surface area contributed by atoms with Gasteiger partial charge >= 0.3 is 5.97 Å². The Morgan fingerprint density at radius 1 is 1.40 bits per heavy atom. The molecule has 0 aliphatic carbocycles. The predicted octanol–water partition coefficient (Wildman–Crippen LogP) is 0.893. The zero-order valence-corrected chi connectivity index (χ0v) is 8.30. The van der Waals surface area contributed by atoms with Gasteiger partial charge in [0.2, 0.25) is 5.60 Å². The topological polar surface area (TPSA) is 58.9 Å². The molecule has 1 aliphatic rings. The minimum absolute atomic E-state index is 0.196. The fraction of sp³-hybridized carbons (Fsp3) is 0.273. The van der Waals surface area contributed by atoms with E-state index in [9.17, 15) is 9.90 Å². The second-order valence-corrected chi connectivity index (χ2v) is 3.58. The van der Waals surface area contributed by atoms with Crippen molar-refractivity contribution < 1.29 is 14.7 Å². The van der Waals surface area contributed by atoms with Gasteiger partial charge in [0.1, 0.15) is 0 Å². The van der Waals surface area contributed by atoms with E-state index in [-0.39, 0.29) is 6.42 Å². The standard InChI is InChI=1S/C11H11NO3/c1-8-11(14,10(13)15-12-8)7-9-5-3-2-4-6-9/h2-6,14H,7H2,1H3. The molecule has 78 valence electrons. The molecule has 1 aromatic carbocycles. The summed E-state index contributed by atoms with van der Waals surface area (Å²) >= 11 is 0. The van der Waals surface area contributed by atoms with Crippen LogP contribution in [-0.2, 0) is 16.1 Å². The number of hydrogen-bond acceptors (Lipinski definition) is 4. The molecule has 0 radical (unpaired) electrons. The van der Waals surface area contributed by atoms with Gasteiger partial charge in [-0.3, -0.25) is 0 Å². The van der Waals surface area contributed by atoms with Crippen LogP contribution in [0.5, 0.6) is 0 Å². The maximum Gasteiger partial charge on any atom is 0.372 e. The molecular weight excluding hydrogens is 194 g/mol. The fourth-order valence-electron chi connectivity index (χ4n) is 1.50. The van der Waals surface area contributed by atoms with Crippen molar-refractivity contribution in [1.82, 2.24) is 0 Å². The highest BCUT2D eigenvalue weighted by molar-refractivity contribution is 6.11. The Labute approximate surface area is 87.2 Å². The summed E-state index contributed by atoms with van der Waals surface area (Å²) in [6.45, 7) is 1.58. The molecule has 1 aromatic rings. The summed E-state index contributed by atoms with van der Waals surface area (Å²) in [5.41, 5.74) is -0.425. The second kappa shape index (κ2) is 3.47. The van der Waals surface area contributed by atoms with Crippen LogP contribution in [0.4, 0.5) is 0 Å². The van der Waals surface area contributed by atoms with Gasteiger partial charge in [-0.15, -0.1) is 0 Å². The number of oxime groups is 1. The third-order valence-electron chi connectivity index (χ3n) is 2.50. The van der Waals surface area contributed by atoms with E-state index in [1.165, 1.54) is 0 Å². The van der Waals surface area contributed by atoms with E-state index in [0.29, 0.717) is 5.71 Å². The lowest BCUT2D eigenvalue weighted by Gasteiger charge is -2.17. The molecule has 15 heavy (non-hydrogen) atoms. The Kier molecular flexibility index (Phi) is 2.28. The normalized spacial score (nSPS) is 24.9. The van der Waals surface area contributed by atoms with Gasteiger partial charge in [0.05, 0.1) is 5.71 Å². The minimum Gasteiger partial charge on any atom is -0.373 e. The van der Waals surface area contributed by atoms with Crippen LogP contribution in [-0.4, -0.2) is 22.4 Å². The highest BCUT2D eigenvalue weighted by Gasteiger charge is 2.46. The number of rotatable bonds is 2. The largest absolute Gasteiger partial charge is 0.373 e. The van der Waals surface area contributed by atoms with Gasteiger partial charge in [0.25, 0.3) is 0 Å². The van der Waals surface area contributed by atoms with Crippen LogP contribution in [0, 0.1) is 0 Å². The van der Waals surface area contributed by atoms with Gasteiger partial charge in [-0.25, -0.2) is 4.79 Å². The van der Waals surface area contributed by atoms with Gasteiger partial charge in [0, 0.05) is 6.42 Å². The molecule has 1 N–H and O–H groups in total. The van der Waals surface area contributed by atoms with Crippen molar-refractivity contribution in [3.63, 3.8) is 0 Å². The van der Waals surface area contributed by atoms with Crippen molar-refractivity contribution in [2.75, 3.05) is 0 Å². The molecule has 1 aliphatic heterocycles. The van der Waals surface area contributed by atoms with Crippen LogP contribution in [0.1, 0.15) is 12.5 Å². The van der Waals surface area contributed by atoms with Gasteiger partial charge in [-0.05, 0) is 12.5 Å². The number of benzene rings is 1. The van der Waals surface area contributed by atoms with E-state index in [1.807, 2.05) is 30.3 Å². The molecule has 4 nitrogen and oxygen atoms in total. The van der Waals surface area contributed by atoms with E-state index in [1.54, 1.807) is 6.92 Å². The average Bonchev–Trinajstić information content (AvgIpc) is 2.48. The molecule has 1 unspecified atom stereocenters. The van der Waals surface area contributed by atoms with Gasteiger partial charge < -0.3 is 9.94 Å². The molecular formula is C11H11NO3.